The van der Waals surface area contributed by atoms with Crippen LogP contribution in [0.4, 0.5) is 18.9 Å². The summed E-state index contributed by atoms with van der Waals surface area (Å²) >= 11 is 0. The molecule has 31 heavy (non-hydrogen) atoms. The van der Waals surface area contributed by atoms with Crippen molar-refractivity contribution in [1.29, 1.82) is 0 Å². The molecule has 1 aromatic carbocycles. The number of hydrogen-bond acceptors (Lipinski definition) is 6. The van der Waals surface area contributed by atoms with Crippen LogP contribution in [0.2, 0.25) is 0 Å². The van der Waals surface area contributed by atoms with Crippen LogP contribution in [0.3, 0.4) is 0 Å². The van der Waals surface area contributed by atoms with Gasteiger partial charge in [0.15, 0.2) is 11.5 Å². The number of carbonyl (C=O) groups is 2. The monoisotopic (exact) mass is 433 g/mol. The summed E-state index contributed by atoms with van der Waals surface area (Å²) < 4.78 is 52.5. The van der Waals surface area contributed by atoms with Crippen LogP contribution in [0.1, 0.15) is 28.1 Å². The van der Waals surface area contributed by atoms with Crippen molar-refractivity contribution in [3.05, 3.63) is 83.4 Å². The average molecular weight is 433 g/mol. The largest absolute Gasteiger partial charge is 0.573 e. The van der Waals surface area contributed by atoms with Crippen molar-refractivity contribution in [3.8, 4) is 5.75 Å². The lowest BCUT2D eigenvalue weighted by Crippen LogP contribution is -2.31. The second-order valence-electron chi connectivity index (χ2n) is 6.64. The van der Waals surface area contributed by atoms with Crippen molar-refractivity contribution in [2.45, 2.75) is 19.3 Å². The number of ketones is 1. The molecule has 4 rings (SSSR count). The third-order valence-electron chi connectivity index (χ3n) is 4.56. The van der Waals surface area contributed by atoms with Gasteiger partial charge in [0.25, 0.3) is 5.91 Å². The molecule has 1 atom stereocenters. The van der Waals surface area contributed by atoms with Crippen molar-refractivity contribution >= 4 is 17.4 Å². The molecule has 1 amide bonds. The van der Waals surface area contributed by atoms with Gasteiger partial charge in [-0.25, -0.2) is 0 Å². The van der Waals surface area contributed by atoms with Crippen molar-refractivity contribution in [2.75, 3.05) is 4.90 Å². The number of aliphatic hydroxyl groups is 1. The van der Waals surface area contributed by atoms with Gasteiger partial charge in [0.2, 0.25) is 5.78 Å². The lowest BCUT2D eigenvalue weighted by Gasteiger charge is -2.25. The van der Waals surface area contributed by atoms with Gasteiger partial charge < -0.3 is 18.7 Å². The van der Waals surface area contributed by atoms with E-state index in [1.165, 1.54) is 36.6 Å². The Hall–Kier alpha value is -3.95. The number of carbonyl (C=O) groups excluding carboxylic acids is 2. The summed E-state index contributed by atoms with van der Waals surface area (Å²) in [6.07, 6.45) is -3.69. The number of Topliss-reactive ketones (excluding diaryl/α,β-unsaturated/α-hetero) is 1. The van der Waals surface area contributed by atoms with E-state index < -0.39 is 35.6 Å². The van der Waals surface area contributed by atoms with E-state index in [0.29, 0.717) is 5.76 Å². The van der Waals surface area contributed by atoms with Crippen molar-refractivity contribution in [2.24, 2.45) is 0 Å². The fourth-order valence-corrected chi connectivity index (χ4v) is 3.34. The Morgan fingerprint density at radius 1 is 1.16 bits per heavy atom. The quantitative estimate of drug-likeness (QED) is 0.578. The molecule has 0 bridgehead atoms. The van der Waals surface area contributed by atoms with Crippen LogP contribution in [0.5, 0.6) is 5.75 Å². The van der Waals surface area contributed by atoms with E-state index in [0.717, 1.165) is 17.0 Å². The molecule has 1 unspecified atom stereocenters. The lowest BCUT2D eigenvalue weighted by atomic mass is 9.99. The van der Waals surface area contributed by atoms with Gasteiger partial charge in [-0.1, -0.05) is 6.07 Å². The van der Waals surface area contributed by atoms with E-state index in [1.807, 2.05) is 0 Å². The minimum absolute atomic E-state index is 0.0420. The molecule has 3 aromatic rings. The molecule has 0 fully saturated rings. The van der Waals surface area contributed by atoms with Gasteiger partial charge >= 0.3 is 6.36 Å². The Balaban J connectivity index is 1.82. The molecule has 1 aliphatic rings. The van der Waals surface area contributed by atoms with Crippen LogP contribution < -0.4 is 9.64 Å². The van der Waals surface area contributed by atoms with Crippen LogP contribution in [0, 0.1) is 6.92 Å². The van der Waals surface area contributed by atoms with E-state index >= 15 is 0 Å². The number of furan rings is 2. The van der Waals surface area contributed by atoms with E-state index in [-0.39, 0.29) is 22.8 Å². The predicted molar refractivity (Wildman–Crippen MR) is 99.5 cm³/mol. The topological polar surface area (TPSA) is 93.1 Å². The highest BCUT2D eigenvalue weighted by atomic mass is 19.4. The third-order valence-corrected chi connectivity index (χ3v) is 4.56. The molecule has 7 nitrogen and oxygen atoms in total. The molecule has 0 aliphatic carbocycles. The summed E-state index contributed by atoms with van der Waals surface area (Å²) in [6, 6.07) is 9.31. The maximum atomic E-state index is 13.0. The standard InChI is InChI=1S/C21H14F3NO6/c1-11-7-8-14(30-11)17-16(18(26)15-6-3-9-29-15)19(27)20(28)25(17)12-4-2-5-13(10-12)31-21(22,23)24/h2-10,17,27H,1H3. The summed E-state index contributed by atoms with van der Waals surface area (Å²) in [5.74, 6) is -2.71. The summed E-state index contributed by atoms with van der Waals surface area (Å²) in [7, 11) is 0. The number of rotatable bonds is 5. The van der Waals surface area contributed by atoms with E-state index in [9.17, 15) is 27.9 Å². The lowest BCUT2D eigenvalue weighted by molar-refractivity contribution is -0.274. The molecule has 0 spiro atoms. The van der Waals surface area contributed by atoms with Crippen LogP contribution >= 0.6 is 0 Å². The number of halogens is 3. The summed E-state index contributed by atoms with van der Waals surface area (Å²) in [4.78, 5) is 26.9. The van der Waals surface area contributed by atoms with Gasteiger partial charge in [0.05, 0.1) is 11.8 Å². The Bertz CT molecular complexity index is 1180. The van der Waals surface area contributed by atoms with Gasteiger partial charge in [-0.15, -0.1) is 13.2 Å². The fourth-order valence-electron chi connectivity index (χ4n) is 3.34. The number of hydrogen-bond donors (Lipinski definition) is 1. The van der Waals surface area contributed by atoms with Crippen LogP contribution in [0.25, 0.3) is 0 Å². The predicted octanol–water partition coefficient (Wildman–Crippen LogP) is 4.86. The minimum atomic E-state index is -4.94. The Kier molecular flexibility index (Phi) is 4.84. The molecule has 160 valence electrons. The number of nitrogens with zero attached hydrogens (tertiary/aromatic N) is 1. The van der Waals surface area contributed by atoms with E-state index in [1.54, 1.807) is 13.0 Å². The highest BCUT2D eigenvalue weighted by Crippen LogP contribution is 2.43. The number of aryl methyl sites for hydroxylation is 1. The van der Waals surface area contributed by atoms with Crippen molar-refractivity contribution in [1.82, 2.24) is 0 Å². The zero-order valence-corrected chi connectivity index (χ0v) is 15.8. The fraction of sp³-hybridized carbons (Fsp3) is 0.143. The second kappa shape index (κ2) is 7.38. The molecule has 3 heterocycles. The second-order valence-corrected chi connectivity index (χ2v) is 6.64. The SMILES string of the molecule is Cc1ccc(C2C(C(=O)c3ccco3)=C(O)C(=O)N2c2cccc(OC(F)(F)F)c2)o1. The average Bonchev–Trinajstić information content (AvgIpc) is 3.41. The van der Waals surface area contributed by atoms with Gasteiger partial charge in [0.1, 0.15) is 23.3 Å². The maximum Gasteiger partial charge on any atom is 0.573 e. The van der Waals surface area contributed by atoms with Gasteiger partial charge in [-0.05, 0) is 43.3 Å². The number of amides is 1. The molecule has 0 radical (unpaired) electrons. The van der Waals surface area contributed by atoms with Crippen molar-refractivity contribution < 1.29 is 41.4 Å². The highest BCUT2D eigenvalue weighted by molar-refractivity contribution is 6.20. The Morgan fingerprint density at radius 3 is 2.55 bits per heavy atom. The van der Waals surface area contributed by atoms with Gasteiger partial charge in [-0.2, -0.15) is 0 Å². The van der Waals surface area contributed by atoms with Crippen LogP contribution in [-0.2, 0) is 4.79 Å². The number of aliphatic hydroxyl groups excluding tert-OH is 1. The summed E-state index contributed by atoms with van der Waals surface area (Å²) in [5, 5.41) is 10.5. The molecule has 0 saturated carbocycles. The molecule has 2 aromatic heterocycles. The zero-order valence-electron chi connectivity index (χ0n) is 15.8. The van der Waals surface area contributed by atoms with Crippen LogP contribution in [0.15, 0.2) is 75.0 Å². The first-order valence-corrected chi connectivity index (χ1v) is 8.93. The zero-order chi connectivity index (χ0) is 22.3. The number of benzene rings is 1. The number of alkyl halides is 3. The number of ether oxygens (including phenoxy) is 1. The first-order chi connectivity index (χ1) is 14.7. The molecule has 10 heteroatoms. The minimum Gasteiger partial charge on any atom is -0.503 e. The van der Waals surface area contributed by atoms with Crippen LogP contribution in [-0.4, -0.2) is 23.2 Å². The summed E-state index contributed by atoms with van der Waals surface area (Å²) in [5.41, 5.74) is -0.365. The van der Waals surface area contributed by atoms with Gasteiger partial charge in [0, 0.05) is 11.8 Å². The molecular formula is C21H14F3NO6. The molecule has 1 aliphatic heterocycles. The highest BCUT2D eigenvalue weighted by Gasteiger charge is 2.47. The Morgan fingerprint density at radius 2 is 1.94 bits per heavy atom. The van der Waals surface area contributed by atoms with E-state index in [2.05, 4.69) is 4.74 Å². The normalized spacial score (nSPS) is 16.8. The van der Waals surface area contributed by atoms with Gasteiger partial charge in [-0.3, -0.25) is 14.5 Å². The molecule has 1 N–H and O–H groups in total. The summed E-state index contributed by atoms with van der Waals surface area (Å²) in [6.45, 7) is 1.64. The first-order valence-electron chi connectivity index (χ1n) is 8.93. The first kappa shape index (κ1) is 20.3. The third kappa shape index (κ3) is 3.79. The molecular weight excluding hydrogens is 419 g/mol. The Labute approximate surface area is 172 Å². The smallest absolute Gasteiger partial charge is 0.503 e. The van der Waals surface area contributed by atoms with Crippen molar-refractivity contribution in [3.63, 3.8) is 0 Å². The van der Waals surface area contributed by atoms with E-state index in [4.69, 9.17) is 8.83 Å². The number of anilines is 1. The maximum absolute atomic E-state index is 13.0. The molecule has 0 saturated heterocycles.